The van der Waals surface area contributed by atoms with Crippen molar-refractivity contribution in [2.75, 3.05) is 36.2 Å². The smallest absolute Gasteiger partial charge is 0.413 e. The fourth-order valence-electron chi connectivity index (χ4n) is 3.88. The quantitative estimate of drug-likeness (QED) is 0.528. The largest absolute Gasteiger partial charge is 0.452 e. The molecular weight excluding hydrogens is 430 g/mol. The van der Waals surface area contributed by atoms with Crippen molar-refractivity contribution in [2.45, 2.75) is 31.7 Å². The average Bonchev–Trinajstić information content (AvgIpc) is 2.83. The van der Waals surface area contributed by atoms with Crippen molar-refractivity contribution in [1.29, 1.82) is 0 Å². The van der Waals surface area contributed by atoms with Crippen LogP contribution in [0.4, 0.5) is 22.2 Å². The molecular formula is C22H26ClN7O2. The van der Waals surface area contributed by atoms with Gasteiger partial charge >= 0.3 is 6.09 Å². The van der Waals surface area contributed by atoms with Crippen LogP contribution in [0, 0.1) is 5.92 Å². The molecule has 3 aromatic rings. The normalized spacial score (nSPS) is 18.2. The van der Waals surface area contributed by atoms with Crippen molar-refractivity contribution in [3.8, 4) is 0 Å². The Bertz CT molecular complexity index is 1070. The number of amides is 1. The summed E-state index contributed by atoms with van der Waals surface area (Å²) in [6.07, 6.45) is 8.77. The first-order valence-corrected chi connectivity index (χ1v) is 11.0. The zero-order valence-corrected chi connectivity index (χ0v) is 18.8. The van der Waals surface area contributed by atoms with E-state index in [0.29, 0.717) is 28.7 Å². The molecule has 4 rings (SSSR count). The van der Waals surface area contributed by atoms with Gasteiger partial charge in [-0.05, 0) is 49.8 Å². The van der Waals surface area contributed by atoms with Gasteiger partial charge in [-0.3, -0.25) is 4.90 Å². The van der Waals surface area contributed by atoms with Gasteiger partial charge in [0.2, 0.25) is 5.95 Å². The minimum absolute atomic E-state index is 0.385. The summed E-state index contributed by atoms with van der Waals surface area (Å²) in [5, 5.41) is 8.25. The minimum Gasteiger partial charge on any atom is -0.452 e. The van der Waals surface area contributed by atoms with Gasteiger partial charge < -0.3 is 15.4 Å². The number of nitrogens with zero attached hydrogens (tertiary/aromatic N) is 5. The van der Waals surface area contributed by atoms with Crippen LogP contribution in [-0.2, 0) is 4.74 Å². The number of anilines is 3. The summed E-state index contributed by atoms with van der Waals surface area (Å²) in [4.78, 5) is 30.2. The van der Waals surface area contributed by atoms with Crippen molar-refractivity contribution >= 4 is 46.1 Å². The van der Waals surface area contributed by atoms with Crippen LogP contribution in [0.1, 0.15) is 25.7 Å². The first-order chi connectivity index (χ1) is 15.5. The van der Waals surface area contributed by atoms with Crippen LogP contribution in [0.3, 0.4) is 0 Å². The number of carbonyl (C=O) groups is 1. The van der Waals surface area contributed by atoms with Gasteiger partial charge in [0, 0.05) is 31.2 Å². The topological polar surface area (TPSA) is 105 Å². The number of ether oxygens (including phenoxy) is 1. The Hall–Kier alpha value is -3.20. The van der Waals surface area contributed by atoms with E-state index < -0.39 is 6.09 Å². The van der Waals surface area contributed by atoms with Crippen LogP contribution in [0.5, 0.6) is 0 Å². The SMILES string of the molecule is COC(=O)N(C)c1cnc(NCC2CCC(Nc3ccc4ccnc(Cl)c4n3)CC2)nc1. The molecule has 1 amide bonds. The lowest BCUT2D eigenvalue weighted by molar-refractivity contribution is 0.180. The summed E-state index contributed by atoms with van der Waals surface area (Å²) in [7, 11) is 2.95. The van der Waals surface area contributed by atoms with E-state index in [1.807, 2.05) is 18.2 Å². The molecule has 1 aliphatic rings. The number of carbonyl (C=O) groups excluding carboxylic acids is 1. The molecule has 0 atom stereocenters. The Labute approximate surface area is 191 Å². The second-order valence-corrected chi connectivity index (χ2v) is 8.26. The number of fused-ring (bicyclic) bond motifs is 1. The summed E-state index contributed by atoms with van der Waals surface area (Å²) in [5.41, 5.74) is 1.30. The molecule has 0 radical (unpaired) electrons. The molecule has 0 bridgehead atoms. The third-order valence-electron chi connectivity index (χ3n) is 5.79. The highest BCUT2D eigenvalue weighted by Gasteiger charge is 2.22. The lowest BCUT2D eigenvalue weighted by atomic mass is 9.86. The molecule has 0 saturated heterocycles. The summed E-state index contributed by atoms with van der Waals surface area (Å²) in [5.74, 6) is 1.94. The molecule has 2 N–H and O–H groups in total. The van der Waals surface area contributed by atoms with E-state index in [4.69, 9.17) is 16.3 Å². The van der Waals surface area contributed by atoms with Crippen LogP contribution in [-0.4, -0.2) is 52.8 Å². The Kier molecular flexibility index (Phi) is 6.84. The minimum atomic E-state index is -0.460. The molecule has 1 saturated carbocycles. The lowest BCUT2D eigenvalue weighted by Crippen LogP contribution is -2.29. The number of aromatic nitrogens is 4. The second-order valence-electron chi connectivity index (χ2n) is 7.91. The van der Waals surface area contributed by atoms with E-state index >= 15 is 0 Å². The van der Waals surface area contributed by atoms with Gasteiger partial charge in [0.1, 0.15) is 11.3 Å². The molecule has 0 unspecified atom stereocenters. The van der Waals surface area contributed by atoms with Crippen molar-refractivity contribution in [1.82, 2.24) is 19.9 Å². The number of pyridine rings is 2. The number of hydrogen-bond acceptors (Lipinski definition) is 8. The maximum Gasteiger partial charge on any atom is 0.413 e. The van der Waals surface area contributed by atoms with Crippen LogP contribution >= 0.6 is 11.6 Å². The summed E-state index contributed by atoms with van der Waals surface area (Å²) >= 11 is 6.18. The van der Waals surface area contributed by atoms with Gasteiger partial charge in [0.05, 0.1) is 25.2 Å². The van der Waals surface area contributed by atoms with Crippen LogP contribution < -0.4 is 15.5 Å². The standard InChI is InChI=1S/C22H26ClN7O2/c1-30(22(31)32-2)17-12-26-21(27-13-17)25-11-14-3-6-16(7-4-14)28-18-8-5-15-9-10-24-20(23)19(15)29-18/h5,8-10,12-14,16H,3-4,6-7,11H2,1-2H3,(H,28,29)(H,25,26,27). The number of rotatable bonds is 6. The number of methoxy groups -OCH3 is 1. The van der Waals surface area contributed by atoms with Crippen molar-refractivity contribution in [2.24, 2.45) is 5.92 Å². The van der Waals surface area contributed by atoms with Crippen LogP contribution in [0.25, 0.3) is 10.9 Å². The van der Waals surface area contributed by atoms with Gasteiger partial charge in [-0.15, -0.1) is 0 Å². The average molecular weight is 456 g/mol. The Morgan fingerprint density at radius 2 is 1.91 bits per heavy atom. The van der Waals surface area contributed by atoms with E-state index in [2.05, 4.69) is 30.6 Å². The van der Waals surface area contributed by atoms with Crippen molar-refractivity contribution < 1.29 is 9.53 Å². The lowest BCUT2D eigenvalue weighted by Gasteiger charge is -2.29. The predicted octanol–water partition coefficient (Wildman–Crippen LogP) is 4.36. The maximum atomic E-state index is 11.6. The molecule has 0 spiro atoms. The fourth-order valence-corrected chi connectivity index (χ4v) is 4.09. The number of nitrogens with one attached hydrogen (secondary N) is 2. The van der Waals surface area contributed by atoms with Crippen molar-refractivity contribution in [3.05, 3.63) is 41.9 Å². The van der Waals surface area contributed by atoms with Gasteiger partial charge in [-0.1, -0.05) is 11.6 Å². The van der Waals surface area contributed by atoms with Crippen LogP contribution in [0.2, 0.25) is 5.15 Å². The Morgan fingerprint density at radius 1 is 1.16 bits per heavy atom. The number of hydrogen-bond donors (Lipinski definition) is 2. The highest BCUT2D eigenvalue weighted by Crippen LogP contribution is 2.28. The Morgan fingerprint density at radius 3 is 2.62 bits per heavy atom. The zero-order chi connectivity index (χ0) is 22.5. The van der Waals surface area contributed by atoms with E-state index in [-0.39, 0.29) is 0 Å². The molecule has 3 heterocycles. The third kappa shape index (κ3) is 5.16. The van der Waals surface area contributed by atoms with Gasteiger partial charge in [-0.2, -0.15) is 0 Å². The van der Waals surface area contributed by atoms with E-state index in [9.17, 15) is 4.79 Å². The Balaban J connectivity index is 1.25. The first kappa shape index (κ1) is 22.0. The highest BCUT2D eigenvalue weighted by atomic mass is 35.5. The molecule has 32 heavy (non-hydrogen) atoms. The van der Waals surface area contributed by atoms with E-state index in [1.165, 1.54) is 12.0 Å². The summed E-state index contributed by atoms with van der Waals surface area (Å²) < 4.78 is 4.69. The summed E-state index contributed by atoms with van der Waals surface area (Å²) in [6.45, 7) is 0.814. The van der Waals surface area contributed by atoms with E-state index in [1.54, 1.807) is 25.6 Å². The highest BCUT2D eigenvalue weighted by molar-refractivity contribution is 6.33. The van der Waals surface area contributed by atoms with Gasteiger partial charge in [0.15, 0.2) is 5.15 Å². The van der Waals surface area contributed by atoms with Gasteiger partial charge in [-0.25, -0.2) is 24.7 Å². The monoisotopic (exact) mass is 455 g/mol. The third-order valence-corrected chi connectivity index (χ3v) is 6.06. The number of halogens is 1. The molecule has 9 nitrogen and oxygen atoms in total. The molecule has 3 aromatic heterocycles. The predicted molar refractivity (Wildman–Crippen MR) is 125 cm³/mol. The molecule has 168 valence electrons. The maximum absolute atomic E-state index is 11.6. The summed E-state index contributed by atoms with van der Waals surface area (Å²) in [6, 6.07) is 6.30. The molecule has 0 aromatic carbocycles. The molecule has 1 fully saturated rings. The zero-order valence-electron chi connectivity index (χ0n) is 18.1. The first-order valence-electron chi connectivity index (χ1n) is 10.6. The van der Waals surface area contributed by atoms with E-state index in [0.717, 1.165) is 48.9 Å². The molecule has 0 aliphatic heterocycles. The van der Waals surface area contributed by atoms with Gasteiger partial charge in [0.25, 0.3) is 0 Å². The molecule has 1 aliphatic carbocycles. The van der Waals surface area contributed by atoms with Crippen LogP contribution in [0.15, 0.2) is 36.8 Å². The molecule has 10 heteroatoms. The fraction of sp³-hybridized carbons (Fsp3) is 0.409. The second kappa shape index (κ2) is 9.95. The van der Waals surface area contributed by atoms with Crippen molar-refractivity contribution in [3.63, 3.8) is 0 Å².